The van der Waals surface area contributed by atoms with E-state index in [1.807, 2.05) is 20.8 Å². The third kappa shape index (κ3) is 15.4. The molecule has 2 nitrogen and oxygen atoms in total. The van der Waals surface area contributed by atoms with Crippen LogP contribution in [0.2, 0.25) is 0 Å². The van der Waals surface area contributed by atoms with Gasteiger partial charge in [0.2, 0.25) is 0 Å². The van der Waals surface area contributed by atoms with Crippen molar-refractivity contribution in [2.24, 2.45) is 0 Å². The van der Waals surface area contributed by atoms with Gasteiger partial charge in [0, 0.05) is 6.61 Å². The number of benzene rings is 2. The van der Waals surface area contributed by atoms with Crippen LogP contribution in [0.25, 0.3) is 27.3 Å². The maximum atomic E-state index is 7.81. The Morgan fingerprint density at radius 1 is 0.963 bits per heavy atom. The van der Waals surface area contributed by atoms with Crippen molar-refractivity contribution in [3.05, 3.63) is 74.7 Å². The van der Waals surface area contributed by atoms with E-state index in [0.717, 1.165) is 0 Å². The predicted octanol–water partition coefficient (Wildman–Crippen LogP) is 6.66. The van der Waals surface area contributed by atoms with E-state index >= 15 is 0 Å². The number of hydrogen-bond acceptors (Lipinski definition) is 1. The summed E-state index contributed by atoms with van der Waals surface area (Å²) >= 11 is 1.81. The number of nitrogens with one attached hydrogen (secondary N) is 1. The molecule has 0 atom stereocenters. The molecular weight excluding hydrogens is 429 g/mol. The fourth-order valence-electron chi connectivity index (χ4n) is 1.90. The van der Waals surface area contributed by atoms with Crippen molar-refractivity contribution in [1.82, 2.24) is 0 Å². The van der Waals surface area contributed by atoms with E-state index in [1.54, 1.807) is 19.2 Å². The summed E-state index contributed by atoms with van der Waals surface area (Å²) in [7, 11) is 2.97. The van der Waals surface area contributed by atoms with Gasteiger partial charge in [0.1, 0.15) is 0 Å². The molecule has 0 spiro atoms. The van der Waals surface area contributed by atoms with Crippen molar-refractivity contribution >= 4 is 54.0 Å². The monoisotopic (exact) mass is 459 g/mol. The van der Waals surface area contributed by atoms with Crippen LogP contribution in [0.3, 0.4) is 0 Å². The average Bonchev–Trinajstić information content (AvgIpc) is 2.94. The van der Waals surface area contributed by atoms with E-state index in [0.29, 0.717) is 6.42 Å². The van der Waals surface area contributed by atoms with Crippen LogP contribution < -0.4 is 0 Å². The number of aliphatic hydroxyl groups is 1. The summed E-state index contributed by atoms with van der Waals surface area (Å²) < 4.78 is 0. The first-order chi connectivity index (χ1) is 11.4. The van der Waals surface area contributed by atoms with Gasteiger partial charge in [0.25, 0.3) is 0 Å². The van der Waals surface area contributed by atoms with Crippen molar-refractivity contribution in [3.8, 4) is 0 Å². The largest absolute Gasteiger partial charge is 0.126 e. The summed E-state index contributed by atoms with van der Waals surface area (Å²) in [6.45, 7) is 9.12. The smallest absolute Gasteiger partial charge is 0.0771 e. The van der Waals surface area contributed by atoms with E-state index in [4.69, 9.17) is 10.8 Å². The predicted molar refractivity (Wildman–Crippen MR) is 125 cm³/mol. The Kier molecular flexibility index (Phi) is 24.2. The van der Waals surface area contributed by atoms with Crippen molar-refractivity contribution in [2.45, 2.75) is 32.7 Å². The van der Waals surface area contributed by atoms with Gasteiger partial charge in [-0.25, -0.2) is 0 Å². The molecule has 0 amide bonds. The maximum Gasteiger partial charge on any atom is -0.0771 e. The molecular formula is C21H31Cl2NOSiTi-4. The molecule has 0 unspecified atom stereocenters. The van der Waals surface area contributed by atoms with E-state index in [2.05, 4.69) is 69.2 Å². The van der Waals surface area contributed by atoms with Crippen LogP contribution in [-0.4, -0.2) is 24.9 Å². The minimum atomic E-state index is -0.250. The number of hydrogen-bond donors (Lipinski definition) is 1. The van der Waals surface area contributed by atoms with Gasteiger partial charge in [-0.2, -0.15) is 6.42 Å². The van der Waals surface area contributed by atoms with Crippen LogP contribution in [0.15, 0.2) is 54.6 Å². The van der Waals surface area contributed by atoms with Crippen LogP contribution >= 0.6 is 24.8 Å². The summed E-state index contributed by atoms with van der Waals surface area (Å²) in [6, 6.07) is 19.3. The Morgan fingerprint density at radius 2 is 1.22 bits per heavy atom. The molecule has 0 aliphatic rings. The van der Waals surface area contributed by atoms with Gasteiger partial charge in [-0.15, -0.1) is 70.1 Å². The Labute approximate surface area is 191 Å². The summed E-state index contributed by atoms with van der Waals surface area (Å²) in [6.07, 6.45) is 0.625. The molecule has 3 rings (SSSR count). The zero-order valence-corrected chi connectivity index (χ0v) is 20.8. The van der Waals surface area contributed by atoms with E-state index in [-0.39, 0.29) is 44.4 Å². The molecule has 0 fully saturated rings. The van der Waals surface area contributed by atoms with Crippen molar-refractivity contribution < 1.29 is 24.3 Å². The molecule has 0 saturated heterocycles. The number of halogens is 2. The quantitative estimate of drug-likeness (QED) is 0.320. The Hall–Kier alpha value is -0.259. The van der Waals surface area contributed by atoms with Gasteiger partial charge in [0.15, 0.2) is 0 Å². The minimum absolute atomic E-state index is 0. The molecule has 152 valence electrons. The van der Waals surface area contributed by atoms with E-state index in [9.17, 15) is 0 Å². The zero-order valence-electron chi connectivity index (χ0n) is 16.6. The second kappa shape index (κ2) is 19.1. The summed E-state index contributed by atoms with van der Waals surface area (Å²) in [4.78, 5) is 0. The van der Waals surface area contributed by atoms with Crippen molar-refractivity contribution in [1.29, 1.82) is 0 Å². The number of rotatable bonds is 1. The van der Waals surface area contributed by atoms with Crippen molar-refractivity contribution in [3.63, 3.8) is 0 Å². The first-order valence-electron chi connectivity index (χ1n) is 7.80. The topological polar surface area (TPSA) is 44.0 Å². The minimum Gasteiger partial charge on any atom is -0.126 e. The van der Waals surface area contributed by atoms with Gasteiger partial charge in [-0.1, -0.05) is 57.2 Å². The van der Waals surface area contributed by atoms with E-state index < -0.39 is 0 Å². The SMILES string of the molecule is CC(C)(C)[NH-].Cl.Cl.[CH2-]CCO.[CH3-].[Si]=[Ti].c1ccc2c(c1)[cH-]c1ccccc12. The van der Waals surface area contributed by atoms with Gasteiger partial charge in [-0.05, 0) is 0 Å². The first-order valence-corrected chi connectivity index (χ1v) is 10.6. The normalized spacial score (nSPS) is 8.78. The second-order valence-electron chi connectivity index (χ2n) is 6.15. The zero-order chi connectivity index (χ0) is 18.6. The third-order valence-corrected chi connectivity index (χ3v) is 2.68. The fourth-order valence-corrected chi connectivity index (χ4v) is 1.90. The summed E-state index contributed by atoms with van der Waals surface area (Å²) in [5.41, 5.74) is 6.69. The molecule has 2 radical (unpaired) electrons. The van der Waals surface area contributed by atoms with Gasteiger partial charge >= 0.3 is 26.8 Å². The molecule has 27 heavy (non-hydrogen) atoms. The first kappa shape index (κ1) is 34.3. The third-order valence-electron chi connectivity index (χ3n) is 2.68. The number of fused-ring (bicyclic) bond motifs is 3. The molecule has 2 N–H and O–H groups in total. The molecule has 0 saturated carbocycles. The molecule has 3 aromatic carbocycles. The standard InChI is InChI=1S/C13H9.C4H10N.C3H7O.CH3.2ClH.Si.Ti/c1-3-7-12-10(5-1)9-11-6-2-4-8-13(11)12;1-4(2,3)5;1-2-3-4;;;;;/h1-9H;5H,1-3H3;4H,1-3H2;1H3;2*1H;;/q4*-1;;;;. The fraction of sp³-hybridized carbons (Fsp3) is 0.286. The Bertz CT molecular complexity index is 656. The van der Waals surface area contributed by atoms with Gasteiger partial charge in [-0.3, -0.25) is 0 Å². The molecule has 3 aromatic rings. The number of aliphatic hydroxyl groups excluding tert-OH is 1. The molecule has 0 aromatic heterocycles. The Morgan fingerprint density at radius 3 is 1.48 bits per heavy atom. The maximum absolute atomic E-state index is 7.81. The molecule has 0 bridgehead atoms. The molecule has 0 heterocycles. The van der Waals surface area contributed by atoms with Crippen LogP contribution in [0.1, 0.15) is 27.2 Å². The second-order valence-corrected chi connectivity index (χ2v) is 6.15. The van der Waals surface area contributed by atoms with Crippen LogP contribution in [0, 0.1) is 14.4 Å². The van der Waals surface area contributed by atoms with Gasteiger partial charge < -0.3 is 25.2 Å². The van der Waals surface area contributed by atoms with Crippen molar-refractivity contribution in [2.75, 3.05) is 6.61 Å². The molecule has 6 heteroatoms. The summed E-state index contributed by atoms with van der Waals surface area (Å²) in [5.74, 6) is 0. The van der Waals surface area contributed by atoms with E-state index in [1.165, 1.54) is 21.5 Å². The van der Waals surface area contributed by atoms with Gasteiger partial charge in [0.05, 0.1) is 0 Å². The van der Waals surface area contributed by atoms with Crippen LogP contribution in [-0.2, 0) is 19.2 Å². The average molecular weight is 460 g/mol. The van der Waals surface area contributed by atoms with Crippen LogP contribution in [0.4, 0.5) is 0 Å². The van der Waals surface area contributed by atoms with Crippen LogP contribution in [0.5, 0.6) is 0 Å². The Balaban J connectivity index is -0.000000164. The molecule has 0 aliphatic heterocycles. The summed E-state index contributed by atoms with van der Waals surface area (Å²) in [5, 5.41) is 13.2. The molecule has 0 aliphatic carbocycles.